The van der Waals surface area contributed by atoms with E-state index in [1.807, 2.05) is 61.5 Å². The maximum absolute atomic E-state index is 12.3. The van der Waals surface area contributed by atoms with Gasteiger partial charge >= 0.3 is 5.63 Å². The fourth-order valence-corrected chi connectivity index (χ4v) is 4.14. The Balaban J connectivity index is 1.81. The Morgan fingerprint density at radius 3 is 2.16 bits per heavy atom. The van der Waals surface area contributed by atoms with Gasteiger partial charge in [-0.3, -0.25) is 4.90 Å². The molecule has 0 saturated heterocycles. The van der Waals surface area contributed by atoms with Crippen LogP contribution in [0.1, 0.15) is 34.7 Å². The van der Waals surface area contributed by atoms with Crippen LogP contribution in [0, 0.1) is 6.92 Å². The minimum atomic E-state index is -0.341. The van der Waals surface area contributed by atoms with Crippen LogP contribution in [-0.4, -0.2) is 23.2 Å². The van der Waals surface area contributed by atoms with Gasteiger partial charge in [0, 0.05) is 31.1 Å². The Morgan fingerprint density at radius 2 is 1.55 bits per heavy atom. The van der Waals surface area contributed by atoms with Gasteiger partial charge in [0.25, 0.3) is 0 Å². The highest BCUT2D eigenvalue weighted by Crippen LogP contribution is 2.31. The largest absolute Gasteiger partial charge is 0.423 e. The zero-order valence-electron chi connectivity index (χ0n) is 17.7. The van der Waals surface area contributed by atoms with Crippen molar-refractivity contribution in [1.82, 2.24) is 4.90 Å². The Bertz CT molecular complexity index is 1150. The first-order valence-corrected chi connectivity index (χ1v) is 10.6. The van der Waals surface area contributed by atoms with Gasteiger partial charge in [0.15, 0.2) is 0 Å². The van der Waals surface area contributed by atoms with Crippen LogP contribution >= 0.6 is 0 Å². The molecule has 1 N–H and O–H groups in total. The normalized spacial score (nSPS) is 11.5. The predicted octanol–water partition coefficient (Wildman–Crippen LogP) is 5.08. The highest BCUT2D eigenvalue weighted by molar-refractivity contribution is 5.80. The van der Waals surface area contributed by atoms with E-state index < -0.39 is 0 Å². The zero-order valence-corrected chi connectivity index (χ0v) is 17.7. The number of fused-ring (bicyclic) bond motifs is 1. The van der Waals surface area contributed by atoms with E-state index in [2.05, 4.69) is 29.2 Å². The fourth-order valence-electron chi connectivity index (χ4n) is 4.14. The topological polar surface area (TPSA) is 53.7 Å². The second kappa shape index (κ2) is 9.73. The minimum absolute atomic E-state index is 0.00157. The summed E-state index contributed by atoms with van der Waals surface area (Å²) in [6.07, 6.45) is 0.647. The lowest BCUT2D eigenvalue weighted by Gasteiger charge is -2.33. The lowest BCUT2D eigenvalue weighted by molar-refractivity contribution is 0.187. The highest BCUT2D eigenvalue weighted by atomic mass is 16.4. The molecule has 0 saturated carbocycles. The second-order valence-electron chi connectivity index (χ2n) is 7.86. The lowest BCUT2D eigenvalue weighted by atomic mass is 9.96. The third kappa shape index (κ3) is 4.93. The molecule has 0 radical (unpaired) electrons. The molecule has 0 bridgehead atoms. The first-order valence-electron chi connectivity index (χ1n) is 10.6. The molecule has 4 heteroatoms. The summed E-state index contributed by atoms with van der Waals surface area (Å²) in [6, 6.07) is 28.3. The number of hydrogen-bond donors (Lipinski definition) is 1. The second-order valence-corrected chi connectivity index (χ2v) is 7.86. The average molecular weight is 414 g/mol. The van der Waals surface area contributed by atoms with Crippen molar-refractivity contribution in [2.24, 2.45) is 0 Å². The Kier molecular flexibility index (Phi) is 6.60. The third-order valence-corrected chi connectivity index (χ3v) is 5.56. The van der Waals surface area contributed by atoms with Gasteiger partial charge in [-0.25, -0.2) is 4.79 Å². The van der Waals surface area contributed by atoms with E-state index in [1.54, 1.807) is 6.07 Å². The van der Waals surface area contributed by atoms with Crippen LogP contribution in [0.5, 0.6) is 0 Å². The standard InChI is InChI=1S/C27H27NO3/c1-20-13-14-24-23(18-26(30)31-25(24)17-20)19-28(15-8-16-29)27(21-9-4-2-5-10-21)22-11-6-3-7-12-22/h2-7,9-14,17-18,27,29H,8,15-16,19H2,1H3. The van der Waals surface area contributed by atoms with Crippen molar-refractivity contribution in [2.45, 2.75) is 25.9 Å². The van der Waals surface area contributed by atoms with Gasteiger partial charge in [-0.15, -0.1) is 0 Å². The fraction of sp³-hybridized carbons (Fsp3) is 0.222. The molecule has 0 amide bonds. The smallest absolute Gasteiger partial charge is 0.336 e. The Morgan fingerprint density at radius 1 is 0.903 bits per heavy atom. The van der Waals surface area contributed by atoms with Gasteiger partial charge in [0.1, 0.15) is 5.58 Å². The molecule has 158 valence electrons. The van der Waals surface area contributed by atoms with Gasteiger partial charge in [0.2, 0.25) is 0 Å². The molecule has 0 unspecified atom stereocenters. The summed E-state index contributed by atoms with van der Waals surface area (Å²) in [4.78, 5) is 14.6. The predicted molar refractivity (Wildman–Crippen MR) is 124 cm³/mol. The molecule has 0 aliphatic rings. The number of hydrogen-bond acceptors (Lipinski definition) is 4. The van der Waals surface area contributed by atoms with Crippen molar-refractivity contribution >= 4 is 11.0 Å². The highest BCUT2D eigenvalue weighted by Gasteiger charge is 2.23. The molecule has 0 aliphatic carbocycles. The zero-order chi connectivity index (χ0) is 21.6. The summed E-state index contributed by atoms with van der Waals surface area (Å²) in [5.41, 5.74) is 4.61. The molecule has 0 atom stereocenters. The number of aliphatic hydroxyl groups is 1. The Labute approximate surface area is 182 Å². The monoisotopic (exact) mass is 413 g/mol. The molecule has 3 aromatic carbocycles. The van der Waals surface area contributed by atoms with Crippen LogP contribution in [0.3, 0.4) is 0 Å². The van der Waals surface area contributed by atoms with Gasteiger partial charge in [-0.1, -0.05) is 72.8 Å². The summed E-state index contributed by atoms with van der Waals surface area (Å²) < 4.78 is 5.46. The first-order chi connectivity index (χ1) is 15.2. The van der Waals surface area contributed by atoms with Gasteiger partial charge in [-0.05, 0) is 41.7 Å². The van der Waals surface area contributed by atoms with Crippen LogP contribution in [0.25, 0.3) is 11.0 Å². The number of aliphatic hydroxyl groups excluding tert-OH is 1. The van der Waals surface area contributed by atoms with Gasteiger partial charge in [-0.2, -0.15) is 0 Å². The molecule has 1 heterocycles. The van der Waals surface area contributed by atoms with Gasteiger partial charge < -0.3 is 9.52 Å². The van der Waals surface area contributed by atoms with Crippen molar-refractivity contribution in [2.75, 3.05) is 13.2 Å². The number of benzene rings is 3. The summed E-state index contributed by atoms with van der Waals surface area (Å²) in [5, 5.41) is 10.5. The molecule has 0 fully saturated rings. The first kappa shape index (κ1) is 21.0. The van der Waals surface area contributed by atoms with E-state index in [0.717, 1.165) is 16.5 Å². The molecule has 4 nitrogen and oxygen atoms in total. The van der Waals surface area contributed by atoms with Crippen molar-refractivity contribution in [3.05, 3.63) is 118 Å². The molecule has 31 heavy (non-hydrogen) atoms. The van der Waals surface area contributed by atoms with Crippen LogP contribution in [0.4, 0.5) is 0 Å². The molecule has 0 aliphatic heterocycles. The van der Waals surface area contributed by atoms with Crippen LogP contribution in [0.2, 0.25) is 0 Å². The summed E-state index contributed by atoms with van der Waals surface area (Å²) in [5.74, 6) is 0. The van der Waals surface area contributed by atoms with Crippen molar-refractivity contribution < 1.29 is 9.52 Å². The van der Waals surface area contributed by atoms with Crippen molar-refractivity contribution in [1.29, 1.82) is 0 Å². The number of rotatable bonds is 8. The van der Waals surface area contributed by atoms with E-state index in [1.165, 1.54) is 11.1 Å². The average Bonchev–Trinajstić information content (AvgIpc) is 2.78. The van der Waals surface area contributed by atoms with E-state index >= 15 is 0 Å². The molecule has 0 spiro atoms. The summed E-state index contributed by atoms with van der Waals surface area (Å²) >= 11 is 0. The lowest BCUT2D eigenvalue weighted by Crippen LogP contribution is -2.31. The number of nitrogens with zero attached hydrogens (tertiary/aromatic N) is 1. The summed E-state index contributed by atoms with van der Waals surface area (Å²) in [6.45, 7) is 3.36. The van der Waals surface area contributed by atoms with Crippen molar-refractivity contribution in [3.8, 4) is 0 Å². The SMILES string of the molecule is Cc1ccc2c(CN(CCCO)C(c3ccccc3)c3ccccc3)cc(=O)oc2c1. The number of aryl methyl sites for hydroxylation is 1. The maximum atomic E-state index is 12.3. The van der Waals surface area contributed by atoms with Crippen molar-refractivity contribution in [3.63, 3.8) is 0 Å². The van der Waals surface area contributed by atoms with E-state index in [9.17, 15) is 9.90 Å². The minimum Gasteiger partial charge on any atom is -0.423 e. The summed E-state index contributed by atoms with van der Waals surface area (Å²) in [7, 11) is 0. The molecular formula is C27H27NO3. The Hall–Kier alpha value is -3.21. The molecular weight excluding hydrogens is 386 g/mol. The molecule has 1 aromatic heterocycles. The van der Waals surface area contributed by atoms with Crippen LogP contribution in [0.15, 0.2) is 94.1 Å². The third-order valence-electron chi connectivity index (χ3n) is 5.56. The van der Waals surface area contributed by atoms with E-state index in [0.29, 0.717) is 25.1 Å². The van der Waals surface area contributed by atoms with Crippen LogP contribution in [-0.2, 0) is 6.54 Å². The van der Waals surface area contributed by atoms with Crippen LogP contribution < -0.4 is 5.63 Å². The quantitative estimate of drug-likeness (QED) is 0.410. The van der Waals surface area contributed by atoms with E-state index in [4.69, 9.17) is 4.42 Å². The molecule has 4 rings (SSSR count). The van der Waals surface area contributed by atoms with Gasteiger partial charge in [0.05, 0.1) is 6.04 Å². The van der Waals surface area contributed by atoms with E-state index in [-0.39, 0.29) is 18.3 Å². The maximum Gasteiger partial charge on any atom is 0.336 e. The molecule has 4 aromatic rings.